The first-order chi connectivity index (χ1) is 6.92. The molecule has 73 valence electrons. The van der Waals surface area contributed by atoms with Crippen LogP contribution in [-0.4, -0.2) is 0 Å². The van der Waals surface area contributed by atoms with Crippen LogP contribution < -0.4 is 4.74 Å². The molecule has 1 radical (unpaired) electrons. The highest BCUT2D eigenvalue weighted by Crippen LogP contribution is 2.34. The Morgan fingerprint density at radius 2 is 2.14 bits per heavy atom. The van der Waals surface area contributed by atoms with Crippen molar-refractivity contribution in [1.82, 2.24) is 0 Å². The van der Waals surface area contributed by atoms with Crippen molar-refractivity contribution in [1.29, 1.82) is 0 Å². The van der Waals surface area contributed by atoms with Gasteiger partial charge in [-0.1, -0.05) is 38.0 Å². The molecular weight excluding hydrogens is 172 g/mol. The number of rotatable bonds is 3. The van der Waals surface area contributed by atoms with Gasteiger partial charge in [0, 0.05) is 11.5 Å². The Morgan fingerprint density at radius 1 is 1.29 bits per heavy atom. The van der Waals surface area contributed by atoms with Gasteiger partial charge in [0.15, 0.2) is 0 Å². The quantitative estimate of drug-likeness (QED) is 0.701. The van der Waals surface area contributed by atoms with Gasteiger partial charge in [-0.15, -0.1) is 0 Å². The van der Waals surface area contributed by atoms with Gasteiger partial charge in [0.05, 0.1) is 6.26 Å². The van der Waals surface area contributed by atoms with Gasteiger partial charge >= 0.3 is 0 Å². The molecule has 2 rings (SSSR count). The number of allylic oxidation sites excluding steroid dienone is 1. The van der Waals surface area contributed by atoms with Crippen LogP contribution in [0.25, 0.3) is 0 Å². The van der Waals surface area contributed by atoms with E-state index in [-0.39, 0.29) is 0 Å². The normalized spacial score (nSPS) is 18.8. The first-order valence-corrected chi connectivity index (χ1v) is 5.13. The molecule has 1 aromatic carbocycles. The van der Waals surface area contributed by atoms with Gasteiger partial charge in [0.25, 0.3) is 0 Å². The van der Waals surface area contributed by atoms with Crippen LogP contribution in [0.15, 0.2) is 36.6 Å². The van der Waals surface area contributed by atoms with E-state index in [1.54, 1.807) is 6.26 Å². The molecule has 0 saturated heterocycles. The molecule has 0 saturated carbocycles. The van der Waals surface area contributed by atoms with E-state index in [1.807, 2.05) is 12.1 Å². The molecule has 1 unspecified atom stereocenters. The number of unbranched alkanes of at least 4 members (excludes halogenated alkanes) is 1. The van der Waals surface area contributed by atoms with E-state index in [9.17, 15) is 0 Å². The Hall–Kier alpha value is -1.24. The van der Waals surface area contributed by atoms with Crippen molar-refractivity contribution < 1.29 is 4.74 Å². The molecule has 0 aliphatic carbocycles. The third-order valence-corrected chi connectivity index (χ3v) is 2.59. The van der Waals surface area contributed by atoms with Crippen molar-refractivity contribution >= 4 is 0 Å². The van der Waals surface area contributed by atoms with Crippen molar-refractivity contribution in [2.75, 3.05) is 0 Å². The minimum Gasteiger partial charge on any atom is -0.465 e. The average molecular weight is 187 g/mol. The Kier molecular flexibility index (Phi) is 2.87. The molecule has 1 heteroatoms. The number of para-hydroxylation sites is 1. The summed E-state index contributed by atoms with van der Waals surface area (Å²) in [5.41, 5.74) is 1.31. The molecule has 1 heterocycles. The van der Waals surface area contributed by atoms with Crippen LogP contribution >= 0.6 is 0 Å². The monoisotopic (exact) mass is 187 g/mol. The van der Waals surface area contributed by atoms with Crippen molar-refractivity contribution in [2.45, 2.75) is 25.2 Å². The summed E-state index contributed by atoms with van der Waals surface area (Å²) in [6.45, 7) is 3.87. The lowest BCUT2D eigenvalue weighted by Gasteiger charge is -2.20. The molecule has 0 bridgehead atoms. The highest BCUT2D eigenvalue weighted by Gasteiger charge is 2.15. The Balaban J connectivity index is 2.18. The topological polar surface area (TPSA) is 9.23 Å². The van der Waals surface area contributed by atoms with E-state index in [4.69, 9.17) is 4.74 Å². The third-order valence-electron chi connectivity index (χ3n) is 2.59. The third kappa shape index (κ3) is 1.82. The minimum atomic E-state index is 0.515. The smallest absolute Gasteiger partial charge is 0.130 e. The van der Waals surface area contributed by atoms with Gasteiger partial charge in [0.1, 0.15) is 5.75 Å². The lowest BCUT2D eigenvalue weighted by Crippen LogP contribution is -2.03. The molecule has 14 heavy (non-hydrogen) atoms. The van der Waals surface area contributed by atoms with Crippen molar-refractivity contribution in [3.05, 3.63) is 49.1 Å². The molecule has 0 amide bonds. The Morgan fingerprint density at radius 3 is 3.00 bits per heavy atom. The zero-order valence-electron chi connectivity index (χ0n) is 8.28. The molecule has 0 spiro atoms. The summed E-state index contributed by atoms with van der Waals surface area (Å²) in [5.74, 6) is 1.52. The molecule has 1 nitrogen and oxygen atoms in total. The van der Waals surface area contributed by atoms with Gasteiger partial charge in [-0.05, 0) is 18.6 Å². The van der Waals surface area contributed by atoms with Crippen LogP contribution in [0.2, 0.25) is 0 Å². The van der Waals surface area contributed by atoms with Crippen molar-refractivity contribution in [3.8, 4) is 5.75 Å². The molecule has 1 aliphatic rings. The molecule has 1 atom stereocenters. The molecule has 0 N–H and O–H groups in total. The van der Waals surface area contributed by atoms with Crippen LogP contribution in [0.4, 0.5) is 0 Å². The maximum atomic E-state index is 5.44. The molecule has 1 aliphatic heterocycles. The molecular formula is C13H15O. The van der Waals surface area contributed by atoms with Crippen LogP contribution in [0.5, 0.6) is 5.75 Å². The maximum absolute atomic E-state index is 5.44. The zero-order valence-corrected chi connectivity index (χ0v) is 8.28. The first kappa shape index (κ1) is 9.32. The largest absolute Gasteiger partial charge is 0.465 e. The van der Waals surface area contributed by atoms with Gasteiger partial charge in [-0.2, -0.15) is 0 Å². The molecule has 0 aromatic heterocycles. The standard InChI is InChI=1S/C13H15O/c1-2-3-6-11-9-10-14-13-8-5-4-7-12(11)13/h4-5,7-11H,1-3,6H2. The highest BCUT2D eigenvalue weighted by atomic mass is 16.5. The summed E-state index contributed by atoms with van der Waals surface area (Å²) in [5, 5.41) is 0. The SMILES string of the molecule is [CH2]CCCC1C=COc2ccccc21. The number of benzene rings is 1. The Labute approximate surface area is 85.4 Å². The molecule has 0 fully saturated rings. The van der Waals surface area contributed by atoms with E-state index >= 15 is 0 Å². The summed E-state index contributed by atoms with van der Waals surface area (Å²) >= 11 is 0. The fourth-order valence-electron chi connectivity index (χ4n) is 1.82. The van der Waals surface area contributed by atoms with E-state index in [1.165, 1.54) is 18.4 Å². The van der Waals surface area contributed by atoms with Crippen molar-refractivity contribution in [2.24, 2.45) is 0 Å². The van der Waals surface area contributed by atoms with Gasteiger partial charge in [-0.3, -0.25) is 0 Å². The lowest BCUT2D eigenvalue weighted by atomic mass is 9.92. The second-order valence-corrected chi connectivity index (χ2v) is 3.59. The summed E-state index contributed by atoms with van der Waals surface area (Å²) in [6.07, 6.45) is 7.28. The second-order valence-electron chi connectivity index (χ2n) is 3.59. The second kappa shape index (κ2) is 4.32. The fraction of sp³-hybridized carbons (Fsp3) is 0.308. The predicted octanol–water partition coefficient (Wildman–Crippen LogP) is 3.68. The molecule has 1 aromatic rings. The van der Waals surface area contributed by atoms with Gasteiger partial charge < -0.3 is 4.74 Å². The van der Waals surface area contributed by atoms with Gasteiger partial charge in [-0.25, -0.2) is 0 Å². The maximum Gasteiger partial charge on any atom is 0.130 e. The summed E-state index contributed by atoms with van der Waals surface area (Å²) in [7, 11) is 0. The summed E-state index contributed by atoms with van der Waals surface area (Å²) < 4.78 is 5.44. The fourth-order valence-corrected chi connectivity index (χ4v) is 1.82. The minimum absolute atomic E-state index is 0.515. The van der Waals surface area contributed by atoms with Crippen LogP contribution in [0.1, 0.15) is 30.7 Å². The lowest BCUT2D eigenvalue weighted by molar-refractivity contribution is 0.447. The van der Waals surface area contributed by atoms with E-state index in [0.29, 0.717) is 5.92 Å². The predicted molar refractivity (Wildman–Crippen MR) is 58.2 cm³/mol. The zero-order chi connectivity index (χ0) is 9.80. The van der Waals surface area contributed by atoms with E-state index in [0.717, 1.165) is 12.2 Å². The number of ether oxygens (including phenoxy) is 1. The van der Waals surface area contributed by atoms with Gasteiger partial charge in [0.2, 0.25) is 0 Å². The summed E-state index contributed by atoms with van der Waals surface area (Å²) in [6, 6.07) is 8.25. The van der Waals surface area contributed by atoms with Crippen LogP contribution in [0.3, 0.4) is 0 Å². The average Bonchev–Trinajstić information content (AvgIpc) is 2.26. The van der Waals surface area contributed by atoms with Crippen molar-refractivity contribution in [3.63, 3.8) is 0 Å². The number of hydrogen-bond donors (Lipinski definition) is 0. The Bertz CT molecular complexity index is 328. The van der Waals surface area contributed by atoms with Crippen LogP contribution in [-0.2, 0) is 0 Å². The van der Waals surface area contributed by atoms with Crippen LogP contribution in [0, 0.1) is 6.92 Å². The summed E-state index contributed by atoms with van der Waals surface area (Å²) in [4.78, 5) is 0. The van der Waals surface area contributed by atoms with E-state index < -0.39 is 0 Å². The number of fused-ring (bicyclic) bond motifs is 1. The first-order valence-electron chi connectivity index (χ1n) is 5.13. The number of hydrogen-bond acceptors (Lipinski definition) is 1. The van der Waals surface area contributed by atoms with E-state index in [2.05, 4.69) is 25.1 Å². The highest BCUT2D eigenvalue weighted by molar-refractivity contribution is 5.40.